The number of carboxylic acid groups (broad SMARTS) is 1. The zero-order valence-electron chi connectivity index (χ0n) is 10.2. The number of carbonyl (C=O) groups excluding carboxylic acids is 1. The van der Waals surface area contributed by atoms with E-state index in [1.807, 2.05) is 0 Å². The van der Waals surface area contributed by atoms with Gasteiger partial charge in [-0.2, -0.15) is 0 Å². The molecule has 2 heterocycles. The molecule has 1 saturated heterocycles. The van der Waals surface area contributed by atoms with Crippen molar-refractivity contribution in [1.82, 2.24) is 9.88 Å². The molecule has 0 aromatic carbocycles. The number of hydrogen-bond acceptors (Lipinski definition) is 4. The van der Waals surface area contributed by atoms with Crippen LogP contribution in [0, 0.1) is 5.82 Å². The second kappa shape index (κ2) is 5.31. The first kappa shape index (κ1) is 13.4. The second-order valence-corrected chi connectivity index (χ2v) is 4.26. The van der Waals surface area contributed by atoms with Gasteiger partial charge in [0, 0.05) is 26.3 Å². The summed E-state index contributed by atoms with van der Waals surface area (Å²) in [4.78, 5) is 28.0. The van der Waals surface area contributed by atoms with Crippen LogP contribution in [0.5, 0.6) is 0 Å². The van der Waals surface area contributed by atoms with Crippen LogP contribution < -0.4 is 0 Å². The highest BCUT2D eigenvalue weighted by Gasteiger charge is 2.40. The van der Waals surface area contributed by atoms with Gasteiger partial charge in [-0.15, -0.1) is 0 Å². The SMILES string of the molecule is COC1CC(C(=O)O)N(C(=O)c2ccncc2F)C1. The molecule has 1 aromatic rings. The fourth-order valence-electron chi connectivity index (χ4n) is 2.13. The van der Waals surface area contributed by atoms with E-state index in [0.717, 1.165) is 11.1 Å². The number of hydrogen-bond donors (Lipinski definition) is 1. The first-order chi connectivity index (χ1) is 9.04. The topological polar surface area (TPSA) is 79.7 Å². The molecule has 2 rings (SSSR count). The number of aliphatic carboxylic acids is 1. The minimum absolute atomic E-state index is 0.133. The average Bonchev–Trinajstić information content (AvgIpc) is 2.83. The quantitative estimate of drug-likeness (QED) is 0.865. The zero-order valence-corrected chi connectivity index (χ0v) is 10.2. The van der Waals surface area contributed by atoms with Crippen LogP contribution in [0.4, 0.5) is 4.39 Å². The minimum Gasteiger partial charge on any atom is -0.480 e. The van der Waals surface area contributed by atoms with Crippen molar-refractivity contribution in [2.75, 3.05) is 13.7 Å². The van der Waals surface area contributed by atoms with Crippen molar-refractivity contribution in [3.8, 4) is 0 Å². The minimum atomic E-state index is -1.12. The van der Waals surface area contributed by atoms with Crippen LogP contribution in [0.25, 0.3) is 0 Å². The van der Waals surface area contributed by atoms with Crippen molar-refractivity contribution < 1.29 is 23.8 Å². The normalized spacial score (nSPS) is 22.5. The Hall–Kier alpha value is -2.02. The third-order valence-electron chi connectivity index (χ3n) is 3.14. The molecule has 0 radical (unpaired) electrons. The number of likely N-dealkylation sites (tertiary alicyclic amines) is 1. The van der Waals surface area contributed by atoms with E-state index in [1.165, 1.54) is 19.4 Å². The molecule has 0 bridgehead atoms. The van der Waals surface area contributed by atoms with Gasteiger partial charge in [0.1, 0.15) is 6.04 Å². The van der Waals surface area contributed by atoms with E-state index in [0.29, 0.717) is 0 Å². The highest BCUT2D eigenvalue weighted by molar-refractivity contribution is 5.97. The van der Waals surface area contributed by atoms with E-state index in [1.54, 1.807) is 0 Å². The molecular formula is C12H13FN2O4. The Balaban J connectivity index is 2.27. The molecule has 6 nitrogen and oxygen atoms in total. The fraction of sp³-hybridized carbons (Fsp3) is 0.417. The van der Waals surface area contributed by atoms with Crippen LogP contribution >= 0.6 is 0 Å². The van der Waals surface area contributed by atoms with E-state index in [9.17, 15) is 14.0 Å². The highest BCUT2D eigenvalue weighted by atomic mass is 19.1. The van der Waals surface area contributed by atoms with Gasteiger partial charge in [0.05, 0.1) is 17.9 Å². The van der Waals surface area contributed by atoms with Gasteiger partial charge in [-0.05, 0) is 6.07 Å². The van der Waals surface area contributed by atoms with Gasteiger partial charge in [0.2, 0.25) is 0 Å². The van der Waals surface area contributed by atoms with Gasteiger partial charge in [0.15, 0.2) is 5.82 Å². The smallest absolute Gasteiger partial charge is 0.326 e. The molecule has 7 heteroatoms. The summed E-state index contributed by atoms with van der Waals surface area (Å²) in [6, 6.07) is 0.237. The molecule has 102 valence electrons. The molecule has 0 aliphatic carbocycles. The van der Waals surface area contributed by atoms with E-state index >= 15 is 0 Å². The van der Waals surface area contributed by atoms with Gasteiger partial charge >= 0.3 is 5.97 Å². The third kappa shape index (κ3) is 2.55. The molecule has 1 fully saturated rings. The predicted molar refractivity (Wildman–Crippen MR) is 62.1 cm³/mol. The summed E-state index contributed by atoms with van der Waals surface area (Å²) in [5.41, 5.74) is -0.182. The number of ether oxygens (including phenoxy) is 1. The van der Waals surface area contributed by atoms with Crippen LogP contribution in [0.1, 0.15) is 16.8 Å². The molecular weight excluding hydrogens is 255 g/mol. The summed E-state index contributed by atoms with van der Waals surface area (Å²) in [6.45, 7) is 0.133. The van der Waals surface area contributed by atoms with Gasteiger partial charge in [0.25, 0.3) is 5.91 Å². The molecule has 19 heavy (non-hydrogen) atoms. The lowest BCUT2D eigenvalue weighted by Gasteiger charge is -2.21. The zero-order chi connectivity index (χ0) is 14.0. The van der Waals surface area contributed by atoms with Crippen molar-refractivity contribution in [3.05, 3.63) is 29.8 Å². The predicted octanol–water partition coefficient (Wildman–Crippen LogP) is 0.535. The molecule has 1 N–H and O–H groups in total. The molecule has 1 aliphatic heterocycles. The van der Waals surface area contributed by atoms with Gasteiger partial charge < -0.3 is 14.7 Å². The first-order valence-corrected chi connectivity index (χ1v) is 5.70. The molecule has 2 unspecified atom stereocenters. The summed E-state index contributed by atoms with van der Waals surface area (Å²) in [6.07, 6.45) is 2.06. The van der Waals surface area contributed by atoms with E-state index in [4.69, 9.17) is 9.84 Å². The van der Waals surface area contributed by atoms with Gasteiger partial charge in [-0.3, -0.25) is 9.78 Å². The standard InChI is InChI=1S/C12H13FN2O4/c1-19-7-4-10(12(17)18)15(6-7)11(16)8-2-3-14-5-9(8)13/h2-3,5,7,10H,4,6H2,1H3,(H,17,18). The lowest BCUT2D eigenvalue weighted by molar-refractivity contribution is -0.141. The van der Waals surface area contributed by atoms with Crippen molar-refractivity contribution in [3.63, 3.8) is 0 Å². The van der Waals surface area contributed by atoms with Gasteiger partial charge in [-0.25, -0.2) is 9.18 Å². The Morgan fingerprint density at radius 1 is 1.58 bits per heavy atom. The van der Waals surface area contributed by atoms with Crippen LogP contribution in [0.15, 0.2) is 18.5 Å². The summed E-state index contributed by atoms with van der Waals surface area (Å²) in [7, 11) is 1.45. The molecule has 1 aromatic heterocycles. The number of nitrogens with zero attached hydrogens (tertiary/aromatic N) is 2. The van der Waals surface area contributed by atoms with Crippen molar-refractivity contribution >= 4 is 11.9 Å². The maximum Gasteiger partial charge on any atom is 0.326 e. The summed E-state index contributed by atoms with van der Waals surface area (Å²) in [5, 5.41) is 9.11. The average molecular weight is 268 g/mol. The Kier molecular flexibility index (Phi) is 3.75. The maximum atomic E-state index is 13.5. The largest absolute Gasteiger partial charge is 0.480 e. The van der Waals surface area contributed by atoms with Crippen molar-refractivity contribution in [2.45, 2.75) is 18.6 Å². The molecule has 1 aliphatic rings. The van der Waals surface area contributed by atoms with E-state index < -0.39 is 23.7 Å². The summed E-state index contributed by atoms with van der Waals surface area (Å²) in [5.74, 6) is -2.55. The Labute approximate surface area is 108 Å². The van der Waals surface area contributed by atoms with Crippen LogP contribution in [0.3, 0.4) is 0 Å². The Morgan fingerprint density at radius 3 is 2.89 bits per heavy atom. The number of methoxy groups -OCH3 is 1. The van der Waals surface area contributed by atoms with Crippen molar-refractivity contribution in [1.29, 1.82) is 0 Å². The monoisotopic (exact) mass is 268 g/mol. The second-order valence-electron chi connectivity index (χ2n) is 4.26. The number of halogens is 1. The fourth-order valence-corrected chi connectivity index (χ4v) is 2.13. The highest BCUT2D eigenvalue weighted by Crippen LogP contribution is 2.23. The maximum absolute atomic E-state index is 13.5. The van der Waals surface area contributed by atoms with Crippen LogP contribution in [0.2, 0.25) is 0 Å². The van der Waals surface area contributed by atoms with Gasteiger partial charge in [-0.1, -0.05) is 0 Å². The number of carboxylic acids is 1. The van der Waals surface area contributed by atoms with E-state index in [-0.39, 0.29) is 24.6 Å². The summed E-state index contributed by atoms with van der Waals surface area (Å²) < 4.78 is 18.6. The molecule has 1 amide bonds. The molecule has 0 spiro atoms. The van der Waals surface area contributed by atoms with Crippen LogP contribution in [-0.4, -0.2) is 52.7 Å². The lowest BCUT2D eigenvalue weighted by Crippen LogP contribution is -2.41. The number of aromatic nitrogens is 1. The van der Waals surface area contributed by atoms with Crippen LogP contribution in [-0.2, 0) is 9.53 Å². The Bertz CT molecular complexity index is 508. The number of carbonyl (C=O) groups is 2. The van der Waals surface area contributed by atoms with E-state index in [2.05, 4.69) is 4.98 Å². The Morgan fingerprint density at radius 2 is 2.32 bits per heavy atom. The summed E-state index contributed by atoms with van der Waals surface area (Å²) >= 11 is 0. The third-order valence-corrected chi connectivity index (χ3v) is 3.14. The molecule has 2 atom stereocenters. The molecule has 0 saturated carbocycles. The lowest BCUT2D eigenvalue weighted by atomic mass is 10.2. The number of amides is 1. The first-order valence-electron chi connectivity index (χ1n) is 5.70. The van der Waals surface area contributed by atoms with Crippen molar-refractivity contribution in [2.24, 2.45) is 0 Å². The number of rotatable bonds is 3. The number of pyridine rings is 1.